The maximum atomic E-state index is 13.6. The Kier molecular flexibility index (Phi) is 5.58. The van der Waals surface area contributed by atoms with Crippen LogP contribution in [0.5, 0.6) is 5.75 Å². The number of para-hydroxylation sites is 3. The van der Waals surface area contributed by atoms with Crippen molar-refractivity contribution in [3.63, 3.8) is 0 Å². The smallest absolute Gasteiger partial charge is 0.282 e. The third kappa shape index (κ3) is 3.82. The van der Waals surface area contributed by atoms with Gasteiger partial charge in [-0.1, -0.05) is 60.2 Å². The lowest BCUT2D eigenvalue weighted by atomic mass is 10.0. The van der Waals surface area contributed by atoms with Gasteiger partial charge >= 0.3 is 0 Å². The third-order valence-corrected chi connectivity index (χ3v) is 5.23. The van der Waals surface area contributed by atoms with E-state index in [2.05, 4.69) is 5.32 Å². The van der Waals surface area contributed by atoms with Crippen molar-refractivity contribution in [3.8, 4) is 5.75 Å². The molecule has 0 saturated carbocycles. The zero-order valence-electron chi connectivity index (χ0n) is 17.8. The molecule has 1 aliphatic rings. The van der Waals surface area contributed by atoms with E-state index in [1.165, 1.54) is 4.90 Å². The number of nitrogens with one attached hydrogen (secondary N) is 1. The van der Waals surface area contributed by atoms with Gasteiger partial charge in [-0.25, -0.2) is 4.90 Å². The van der Waals surface area contributed by atoms with Crippen LogP contribution in [0.3, 0.4) is 0 Å². The average molecular weight is 412 g/mol. The van der Waals surface area contributed by atoms with Gasteiger partial charge in [-0.05, 0) is 50.1 Å². The summed E-state index contributed by atoms with van der Waals surface area (Å²) in [6.45, 7) is 6.24. The van der Waals surface area contributed by atoms with Crippen LogP contribution in [0, 0.1) is 13.8 Å². The molecule has 0 unspecified atom stereocenters. The number of hydrogen-bond acceptors (Lipinski definition) is 4. The highest BCUT2D eigenvalue weighted by Gasteiger charge is 2.41. The van der Waals surface area contributed by atoms with E-state index in [1.54, 1.807) is 18.2 Å². The lowest BCUT2D eigenvalue weighted by molar-refractivity contribution is -0.120. The number of hydrogen-bond donors (Lipinski definition) is 1. The topological polar surface area (TPSA) is 58.6 Å². The fourth-order valence-corrected chi connectivity index (χ4v) is 3.62. The van der Waals surface area contributed by atoms with Crippen LogP contribution in [0.4, 0.5) is 11.4 Å². The Morgan fingerprint density at radius 2 is 1.52 bits per heavy atom. The molecule has 0 fully saturated rings. The van der Waals surface area contributed by atoms with Crippen LogP contribution in [0.1, 0.15) is 23.6 Å². The number of carbonyl (C=O) groups is 2. The van der Waals surface area contributed by atoms with Crippen LogP contribution in [-0.2, 0) is 9.59 Å². The summed E-state index contributed by atoms with van der Waals surface area (Å²) >= 11 is 0. The van der Waals surface area contributed by atoms with Crippen LogP contribution in [0.2, 0.25) is 0 Å². The average Bonchev–Trinajstić information content (AvgIpc) is 3.01. The largest absolute Gasteiger partial charge is 0.492 e. The van der Waals surface area contributed by atoms with Crippen LogP contribution in [0.25, 0.3) is 5.57 Å². The van der Waals surface area contributed by atoms with Crippen LogP contribution >= 0.6 is 0 Å². The van der Waals surface area contributed by atoms with Gasteiger partial charge in [0.2, 0.25) is 0 Å². The highest BCUT2D eigenvalue weighted by molar-refractivity contribution is 6.46. The Balaban J connectivity index is 1.85. The summed E-state index contributed by atoms with van der Waals surface area (Å²) < 4.78 is 5.69. The number of anilines is 2. The third-order valence-electron chi connectivity index (χ3n) is 5.23. The Labute approximate surface area is 182 Å². The zero-order chi connectivity index (χ0) is 22.0. The minimum Gasteiger partial charge on any atom is -0.492 e. The van der Waals surface area contributed by atoms with E-state index in [0.29, 0.717) is 29.2 Å². The molecule has 3 aromatic rings. The Bertz CT molecular complexity index is 1180. The summed E-state index contributed by atoms with van der Waals surface area (Å²) in [5.41, 5.74) is 4.57. The van der Waals surface area contributed by atoms with Gasteiger partial charge in [0.15, 0.2) is 0 Å². The standard InChI is InChI=1S/C26H24N2O3/c1-4-31-22-12-8-7-11-21(22)28-25(29)23(19-15-13-17(2)14-16-19)24(26(28)30)27-20-10-6-5-9-18(20)3/h5-16,27H,4H2,1-3H3. The normalized spacial score (nSPS) is 13.7. The van der Waals surface area contributed by atoms with E-state index in [4.69, 9.17) is 4.74 Å². The van der Waals surface area contributed by atoms with Crippen molar-refractivity contribution < 1.29 is 14.3 Å². The molecule has 0 aliphatic carbocycles. The molecule has 0 bridgehead atoms. The molecule has 0 aromatic heterocycles. The predicted molar refractivity (Wildman–Crippen MR) is 123 cm³/mol. The quantitative estimate of drug-likeness (QED) is 0.573. The van der Waals surface area contributed by atoms with Gasteiger partial charge in [-0.15, -0.1) is 0 Å². The first-order valence-corrected chi connectivity index (χ1v) is 10.3. The molecule has 156 valence electrons. The Morgan fingerprint density at radius 3 is 2.23 bits per heavy atom. The van der Waals surface area contributed by atoms with E-state index in [0.717, 1.165) is 16.8 Å². The van der Waals surface area contributed by atoms with Crippen LogP contribution in [-0.4, -0.2) is 18.4 Å². The van der Waals surface area contributed by atoms with Gasteiger partial charge in [0.25, 0.3) is 11.8 Å². The maximum absolute atomic E-state index is 13.6. The Hall–Kier alpha value is -3.86. The maximum Gasteiger partial charge on any atom is 0.282 e. The summed E-state index contributed by atoms with van der Waals surface area (Å²) in [6.07, 6.45) is 0. The van der Waals surface area contributed by atoms with Gasteiger partial charge in [-0.2, -0.15) is 0 Å². The number of carbonyl (C=O) groups excluding carboxylic acids is 2. The molecule has 0 atom stereocenters. The van der Waals surface area contributed by atoms with E-state index in [9.17, 15) is 9.59 Å². The molecule has 1 aliphatic heterocycles. The van der Waals surface area contributed by atoms with Crippen LogP contribution in [0.15, 0.2) is 78.5 Å². The van der Waals surface area contributed by atoms with E-state index < -0.39 is 5.91 Å². The van der Waals surface area contributed by atoms with Crippen molar-refractivity contribution >= 4 is 28.8 Å². The second kappa shape index (κ2) is 8.48. The number of nitrogens with zero attached hydrogens (tertiary/aromatic N) is 1. The van der Waals surface area contributed by atoms with Crippen molar-refractivity contribution in [1.29, 1.82) is 0 Å². The summed E-state index contributed by atoms with van der Waals surface area (Å²) in [5, 5.41) is 3.23. The molecule has 4 rings (SSSR count). The number of imide groups is 1. The summed E-state index contributed by atoms with van der Waals surface area (Å²) in [5.74, 6) is -0.292. The summed E-state index contributed by atoms with van der Waals surface area (Å²) in [7, 11) is 0. The lowest BCUT2D eigenvalue weighted by Crippen LogP contribution is -2.32. The minimum atomic E-state index is -0.406. The van der Waals surface area contributed by atoms with Gasteiger partial charge in [0.05, 0.1) is 17.9 Å². The van der Waals surface area contributed by atoms with Gasteiger partial charge in [0.1, 0.15) is 11.4 Å². The number of amides is 2. The van der Waals surface area contributed by atoms with Crippen molar-refractivity contribution in [2.75, 3.05) is 16.8 Å². The number of rotatable bonds is 6. The van der Waals surface area contributed by atoms with E-state index in [-0.39, 0.29) is 11.6 Å². The highest BCUT2D eigenvalue weighted by Crippen LogP contribution is 2.38. The summed E-state index contributed by atoms with van der Waals surface area (Å²) in [4.78, 5) is 28.4. The second-order valence-corrected chi connectivity index (χ2v) is 7.40. The molecule has 0 spiro atoms. The molecule has 0 saturated heterocycles. The van der Waals surface area contributed by atoms with E-state index in [1.807, 2.05) is 75.4 Å². The first kappa shape index (κ1) is 20.4. The fourth-order valence-electron chi connectivity index (χ4n) is 3.62. The molecule has 1 heterocycles. The minimum absolute atomic E-state index is 0.259. The van der Waals surface area contributed by atoms with Crippen molar-refractivity contribution in [1.82, 2.24) is 0 Å². The predicted octanol–water partition coefficient (Wildman–Crippen LogP) is 5.10. The lowest BCUT2D eigenvalue weighted by Gasteiger charge is -2.19. The molecule has 31 heavy (non-hydrogen) atoms. The highest BCUT2D eigenvalue weighted by atomic mass is 16.5. The molecule has 3 aromatic carbocycles. The van der Waals surface area contributed by atoms with Crippen molar-refractivity contribution in [2.45, 2.75) is 20.8 Å². The molecular weight excluding hydrogens is 388 g/mol. The fraction of sp³-hybridized carbons (Fsp3) is 0.154. The first-order valence-electron chi connectivity index (χ1n) is 10.3. The molecular formula is C26H24N2O3. The molecule has 0 radical (unpaired) electrons. The Morgan fingerprint density at radius 1 is 0.839 bits per heavy atom. The SMILES string of the molecule is CCOc1ccccc1N1C(=O)C(Nc2ccccc2C)=C(c2ccc(C)cc2)C1=O. The summed E-state index contributed by atoms with van der Waals surface area (Å²) in [6, 6.07) is 22.4. The van der Waals surface area contributed by atoms with Crippen molar-refractivity contribution in [2.24, 2.45) is 0 Å². The van der Waals surface area contributed by atoms with Gasteiger partial charge in [0, 0.05) is 5.69 Å². The molecule has 5 heteroatoms. The van der Waals surface area contributed by atoms with Crippen molar-refractivity contribution in [3.05, 3.63) is 95.2 Å². The zero-order valence-corrected chi connectivity index (χ0v) is 17.8. The first-order chi connectivity index (χ1) is 15.0. The number of benzene rings is 3. The molecule has 2 amide bonds. The second-order valence-electron chi connectivity index (χ2n) is 7.40. The monoisotopic (exact) mass is 412 g/mol. The number of ether oxygens (including phenoxy) is 1. The molecule has 1 N–H and O–H groups in total. The van der Waals surface area contributed by atoms with Gasteiger partial charge < -0.3 is 10.1 Å². The van der Waals surface area contributed by atoms with Gasteiger partial charge in [-0.3, -0.25) is 9.59 Å². The molecule has 5 nitrogen and oxygen atoms in total. The van der Waals surface area contributed by atoms with Crippen LogP contribution < -0.4 is 15.0 Å². The van der Waals surface area contributed by atoms with E-state index >= 15 is 0 Å². The number of aryl methyl sites for hydroxylation is 2.